The van der Waals surface area contributed by atoms with Crippen LogP contribution in [0.25, 0.3) is 0 Å². The van der Waals surface area contributed by atoms with E-state index in [0.717, 1.165) is 26.1 Å². The quantitative estimate of drug-likeness (QED) is 0.418. The second-order valence-corrected chi connectivity index (χ2v) is 5.10. The first-order chi connectivity index (χ1) is 10.0. The van der Waals surface area contributed by atoms with E-state index in [4.69, 9.17) is 4.74 Å². The van der Waals surface area contributed by atoms with Gasteiger partial charge in [-0.05, 0) is 33.1 Å². The first-order valence-corrected chi connectivity index (χ1v) is 7.95. The fourth-order valence-electron chi connectivity index (χ4n) is 1.90. The van der Waals surface area contributed by atoms with Crippen molar-refractivity contribution < 1.29 is 9.53 Å². The van der Waals surface area contributed by atoms with Crippen molar-refractivity contribution in [1.82, 2.24) is 16.0 Å². The number of rotatable bonds is 10. The zero-order chi connectivity index (χ0) is 16.1. The summed E-state index contributed by atoms with van der Waals surface area (Å²) in [7, 11) is 0. The molecule has 0 rings (SSSR count). The van der Waals surface area contributed by atoms with Gasteiger partial charge in [0.25, 0.3) is 0 Å². The molecule has 1 amide bonds. The van der Waals surface area contributed by atoms with Crippen LogP contribution in [0.5, 0.6) is 0 Å². The molecule has 0 fully saturated rings. The predicted octanol–water partition coefficient (Wildman–Crippen LogP) is 1.13. The average Bonchev–Trinajstić information content (AvgIpc) is 2.43. The van der Waals surface area contributed by atoms with Crippen LogP contribution in [0.2, 0.25) is 0 Å². The number of ether oxygens (including phenoxy) is 1. The van der Waals surface area contributed by atoms with Crippen LogP contribution in [0, 0.1) is 5.92 Å². The van der Waals surface area contributed by atoms with E-state index in [-0.39, 0.29) is 18.6 Å². The van der Waals surface area contributed by atoms with Crippen LogP contribution in [0.4, 0.5) is 0 Å². The minimum Gasteiger partial charge on any atom is -0.378 e. The van der Waals surface area contributed by atoms with E-state index >= 15 is 0 Å². The van der Waals surface area contributed by atoms with E-state index in [1.807, 2.05) is 20.8 Å². The normalized spacial score (nSPS) is 13.1. The molecule has 0 aliphatic rings. The van der Waals surface area contributed by atoms with Gasteiger partial charge in [0.2, 0.25) is 5.91 Å². The number of likely N-dealkylation sites (N-methyl/N-ethyl adjacent to an activating group) is 1. The maximum atomic E-state index is 11.4. The first-order valence-electron chi connectivity index (χ1n) is 7.95. The van der Waals surface area contributed by atoms with Gasteiger partial charge in [-0.2, -0.15) is 0 Å². The highest BCUT2D eigenvalue weighted by molar-refractivity contribution is 5.84. The molecule has 0 spiro atoms. The topological polar surface area (TPSA) is 74.8 Å². The van der Waals surface area contributed by atoms with Crippen molar-refractivity contribution in [2.24, 2.45) is 10.9 Å². The molecule has 0 saturated heterocycles. The first kappa shape index (κ1) is 19.7. The molecular formula is C15H32N4O2. The molecule has 124 valence electrons. The largest absolute Gasteiger partial charge is 0.378 e. The zero-order valence-corrected chi connectivity index (χ0v) is 14.2. The summed E-state index contributed by atoms with van der Waals surface area (Å²) in [6.45, 7) is 13.3. The molecule has 1 atom stereocenters. The smallest absolute Gasteiger partial charge is 0.241 e. The fourth-order valence-corrected chi connectivity index (χ4v) is 1.90. The van der Waals surface area contributed by atoms with E-state index < -0.39 is 0 Å². The minimum atomic E-state index is -0.0657. The van der Waals surface area contributed by atoms with Crippen molar-refractivity contribution in [3.63, 3.8) is 0 Å². The summed E-state index contributed by atoms with van der Waals surface area (Å²) in [5.41, 5.74) is 0. The molecule has 0 saturated carbocycles. The highest BCUT2D eigenvalue weighted by atomic mass is 16.5. The van der Waals surface area contributed by atoms with Crippen molar-refractivity contribution in [3.05, 3.63) is 0 Å². The number of carbonyl (C=O) groups excluding carboxylic acids is 1. The molecule has 3 N–H and O–H groups in total. The van der Waals surface area contributed by atoms with Crippen LogP contribution < -0.4 is 16.0 Å². The Bertz CT molecular complexity index is 306. The van der Waals surface area contributed by atoms with Crippen LogP contribution in [0.3, 0.4) is 0 Å². The predicted molar refractivity (Wildman–Crippen MR) is 87.5 cm³/mol. The van der Waals surface area contributed by atoms with Crippen molar-refractivity contribution in [3.8, 4) is 0 Å². The Balaban J connectivity index is 4.24. The number of aliphatic imine (C=N–C) groups is 1. The van der Waals surface area contributed by atoms with Crippen LogP contribution in [-0.4, -0.2) is 50.8 Å². The number of amides is 1. The number of nitrogens with zero attached hydrogens (tertiary/aromatic N) is 1. The molecule has 0 aliphatic carbocycles. The number of guanidine groups is 1. The summed E-state index contributed by atoms with van der Waals surface area (Å²) in [5, 5.41) is 9.10. The second kappa shape index (κ2) is 12.4. The van der Waals surface area contributed by atoms with E-state index in [9.17, 15) is 4.79 Å². The van der Waals surface area contributed by atoms with Crippen molar-refractivity contribution in [2.45, 2.75) is 47.1 Å². The molecule has 0 bridgehead atoms. The number of hydrogen-bond acceptors (Lipinski definition) is 3. The van der Waals surface area contributed by atoms with Gasteiger partial charge in [0.1, 0.15) is 6.54 Å². The highest BCUT2D eigenvalue weighted by Gasteiger charge is 2.13. The molecule has 6 heteroatoms. The van der Waals surface area contributed by atoms with Crippen molar-refractivity contribution in [1.29, 1.82) is 0 Å². The van der Waals surface area contributed by atoms with Gasteiger partial charge in [-0.1, -0.05) is 13.8 Å². The van der Waals surface area contributed by atoms with E-state index in [1.165, 1.54) is 0 Å². The molecule has 0 heterocycles. The Labute approximate surface area is 129 Å². The summed E-state index contributed by atoms with van der Waals surface area (Å²) in [4.78, 5) is 15.7. The maximum Gasteiger partial charge on any atom is 0.241 e. The third kappa shape index (κ3) is 10.1. The van der Waals surface area contributed by atoms with Gasteiger partial charge in [0.15, 0.2) is 5.96 Å². The van der Waals surface area contributed by atoms with Gasteiger partial charge in [0, 0.05) is 26.2 Å². The number of hydrogen-bond donors (Lipinski definition) is 3. The summed E-state index contributed by atoms with van der Waals surface area (Å²) in [5.74, 6) is 1.09. The highest BCUT2D eigenvalue weighted by Crippen LogP contribution is 2.09. The Hall–Kier alpha value is -1.30. The van der Waals surface area contributed by atoms with Gasteiger partial charge < -0.3 is 20.7 Å². The summed E-state index contributed by atoms with van der Waals surface area (Å²) in [6.07, 6.45) is 1.16. The van der Waals surface area contributed by atoms with E-state index in [1.54, 1.807) is 0 Å². The van der Waals surface area contributed by atoms with Gasteiger partial charge in [-0.3, -0.25) is 4.79 Å². The molecule has 1 unspecified atom stereocenters. The lowest BCUT2D eigenvalue weighted by Crippen LogP contribution is -2.40. The van der Waals surface area contributed by atoms with Crippen LogP contribution in [-0.2, 0) is 9.53 Å². The average molecular weight is 300 g/mol. The molecule has 0 aromatic carbocycles. The maximum absolute atomic E-state index is 11.4. The van der Waals surface area contributed by atoms with Crippen molar-refractivity contribution >= 4 is 11.9 Å². The van der Waals surface area contributed by atoms with Gasteiger partial charge in [-0.25, -0.2) is 4.99 Å². The Morgan fingerprint density at radius 1 is 1.10 bits per heavy atom. The van der Waals surface area contributed by atoms with Gasteiger partial charge >= 0.3 is 0 Å². The third-order valence-corrected chi connectivity index (χ3v) is 2.94. The van der Waals surface area contributed by atoms with Crippen LogP contribution in [0.1, 0.15) is 41.0 Å². The lowest BCUT2D eigenvalue weighted by atomic mass is 10.0. The lowest BCUT2D eigenvalue weighted by Gasteiger charge is -2.21. The van der Waals surface area contributed by atoms with Crippen molar-refractivity contribution in [2.75, 3.05) is 32.8 Å². The molecular weight excluding hydrogens is 268 g/mol. The van der Waals surface area contributed by atoms with E-state index in [2.05, 4.69) is 34.8 Å². The number of nitrogens with one attached hydrogen (secondary N) is 3. The lowest BCUT2D eigenvalue weighted by molar-refractivity contribution is -0.119. The van der Waals surface area contributed by atoms with Crippen LogP contribution in [0.15, 0.2) is 4.99 Å². The summed E-state index contributed by atoms with van der Waals surface area (Å²) < 4.78 is 5.71. The summed E-state index contributed by atoms with van der Waals surface area (Å²) in [6, 6.07) is 0. The molecule has 6 nitrogen and oxygen atoms in total. The van der Waals surface area contributed by atoms with Crippen LogP contribution >= 0.6 is 0 Å². The second-order valence-electron chi connectivity index (χ2n) is 5.10. The van der Waals surface area contributed by atoms with E-state index in [0.29, 0.717) is 18.4 Å². The molecule has 0 radical (unpaired) electrons. The van der Waals surface area contributed by atoms with Gasteiger partial charge in [-0.15, -0.1) is 0 Å². The number of carbonyl (C=O) groups is 1. The molecule has 0 aromatic rings. The zero-order valence-electron chi connectivity index (χ0n) is 14.2. The minimum absolute atomic E-state index is 0.0657. The Morgan fingerprint density at radius 3 is 2.29 bits per heavy atom. The molecule has 21 heavy (non-hydrogen) atoms. The monoisotopic (exact) mass is 300 g/mol. The van der Waals surface area contributed by atoms with Gasteiger partial charge in [0.05, 0.1) is 6.10 Å². The molecule has 0 aliphatic heterocycles. The Kier molecular flexibility index (Phi) is 11.7. The fraction of sp³-hybridized carbons (Fsp3) is 0.867. The standard InChI is InChI=1S/C15H32N4O2/c1-6-16-14(20)11-19-15(17-7-2)18-10-9-13(12(4)5)21-8-3/h12-13H,6-11H2,1-5H3,(H,16,20)(H2,17,18,19). The Morgan fingerprint density at radius 2 is 1.76 bits per heavy atom. The SMILES string of the molecule is CCNC(=O)CN=C(NCC)NCCC(OCC)C(C)C. The third-order valence-electron chi connectivity index (χ3n) is 2.94. The summed E-state index contributed by atoms with van der Waals surface area (Å²) >= 11 is 0. The molecule has 0 aromatic heterocycles.